The standard InChI is InChI=1S/C23H28N4O3/c1-3-23(28)26-17(2)14-19-15-18(4-9-22(19)26)16-24-10-12-25(13-11-24)20-5-7-21(8-6-20)27(29)30/h4-9,15,17H,3,10-14,16H2,1-2H3. The molecule has 158 valence electrons. The van der Waals surface area contributed by atoms with E-state index in [9.17, 15) is 14.9 Å². The molecule has 1 saturated heterocycles. The average molecular weight is 409 g/mol. The van der Waals surface area contributed by atoms with E-state index in [0.29, 0.717) is 6.42 Å². The monoisotopic (exact) mass is 408 g/mol. The number of piperazine rings is 1. The fraction of sp³-hybridized carbons (Fsp3) is 0.435. The Kier molecular flexibility index (Phi) is 5.72. The lowest BCUT2D eigenvalue weighted by Crippen LogP contribution is -2.45. The normalized spacial score (nSPS) is 19.1. The topological polar surface area (TPSA) is 69.9 Å². The number of amides is 1. The highest BCUT2D eigenvalue weighted by atomic mass is 16.6. The van der Waals surface area contributed by atoms with Crippen molar-refractivity contribution in [3.05, 3.63) is 63.7 Å². The molecule has 0 bridgehead atoms. The number of carbonyl (C=O) groups is 1. The minimum absolute atomic E-state index is 0.127. The van der Waals surface area contributed by atoms with Crippen LogP contribution in [0, 0.1) is 10.1 Å². The molecule has 1 atom stereocenters. The van der Waals surface area contributed by atoms with Gasteiger partial charge in [-0.15, -0.1) is 0 Å². The average Bonchev–Trinajstić information content (AvgIpc) is 3.08. The van der Waals surface area contributed by atoms with Crippen molar-refractivity contribution in [3.8, 4) is 0 Å². The number of nitro groups is 1. The van der Waals surface area contributed by atoms with Crippen LogP contribution in [0.3, 0.4) is 0 Å². The molecule has 1 unspecified atom stereocenters. The molecule has 1 amide bonds. The van der Waals surface area contributed by atoms with E-state index in [2.05, 4.69) is 34.9 Å². The molecular formula is C23H28N4O3. The van der Waals surface area contributed by atoms with Crippen LogP contribution in [0.1, 0.15) is 31.4 Å². The molecular weight excluding hydrogens is 380 g/mol. The molecule has 2 aromatic rings. The number of benzene rings is 2. The van der Waals surface area contributed by atoms with Crippen molar-refractivity contribution in [1.29, 1.82) is 0 Å². The Bertz CT molecular complexity index is 936. The third-order valence-corrected chi connectivity index (χ3v) is 6.13. The van der Waals surface area contributed by atoms with Gasteiger partial charge in [-0.2, -0.15) is 0 Å². The summed E-state index contributed by atoms with van der Waals surface area (Å²) in [6.07, 6.45) is 1.45. The van der Waals surface area contributed by atoms with Crippen molar-refractivity contribution in [1.82, 2.24) is 4.90 Å². The number of fused-ring (bicyclic) bond motifs is 1. The second-order valence-corrected chi connectivity index (χ2v) is 8.17. The summed E-state index contributed by atoms with van der Waals surface area (Å²) in [6.45, 7) is 8.63. The zero-order valence-electron chi connectivity index (χ0n) is 17.6. The summed E-state index contributed by atoms with van der Waals surface area (Å²) in [5.74, 6) is 0.191. The van der Waals surface area contributed by atoms with E-state index in [1.165, 1.54) is 11.1 Å². The number of hydrogen-bond donors (Lipinski definition) is 0. The first-order valence-electron chi connectivity index (χ1n) is 10.6. The van der Waals surface area contributed by atoms with Gasteiger partial charge in [-0.05, 0) is 42.7 Å². The van der Waals surface area contributed by atoms with Crippen molar-refractivity contribution in [2.75, 3.05) is 36.0 Å². The van der Waals surface area contributed by atoms with E-state index in [0.717, 1.165) is 50.5 Å². The first-order valence-corrected chi connectivity index (χ1v) is 10.6. The van der Waals surface area contributed by atoms with Crippen LogP contribution in [0.15, 0.2) is 42.5 Å². The lowest BCUT2D eigenvalue weighted by molar-refractivity contribution is -0.384. The summed E-state index contributed by atoms with van der Waals surface area (Å²) < 4.78 is 0. The van der Waals surface area contributed by atoms with E-state index in [1.807, 2.05) is 24.0 Å². The molecule has 0 aromatic heterocycles. The Morgan fingerprint density at radius 2 is 1.80 bits per heavy atom. The Labute approximate surface area is 177 Å². The summed E-state index contributed by atoms with van der Waals surface area (Å²) >= 11 is 0. The van der Waals surface area contributed by atoms with Gasteiger partial charge in [-0.3, -0.25) is 19.8 Å². The first kappa shape index (κ1) is 20.3. The SMILES string of the molecule is CCC(=O)N1c2ccc(CN3CCN(c4ccc([N+](=O)[O-])cc4)CC3)cc2CC1C. The van der Waals surface area contributed by atoms with Crippen LogP contribution >= 0.6 is 0 Å². The molecule has 0 aliphatic carbocycles. The van der Waals surface area contributed by atoms with E-state index in [4.69, 9.17) is 0 Å². The van der Waals surface area contributed by atoms with E-state index >= 15 is 0 Å². The van der Waals surface area contributed by atoms with Crippen molar-refractivity contribution in [3.63, 3.8) is 0 Å². The van der Waals surface area contributed by atoms with Crippen LogP contribution in [0.25, 0.3) is 0 Å². The van der Waals surface area contributed by atoms with E-state index in [-0.39, 0.29) is 22.6 Å². The van der Waals surface area contributed by atoms with Crippen molar-refractivity contribution < 1.29 is 9.72 Å². The van der Waals surface area contributed by atoms with Gasteiger partial charge in [0.15, 0.2) is 0 Å². The molecule has 7 heteroatoms. The van der Waals surface area contributed by atoms with Crippen LogP contribution in [-0.2, 0) is 17.8 Å². The van der Waals surface area contributed by atoms with Gasteiger partial charge in [0.05, 0.1) is 4.92 Å². The summed E-state index contributed by atoms with van der Waals surface area (Å²) in [6, 6.07) is 13.5. The lowest BCUT2D eigenvalue weighted by Gasteiger charge is -2.36. The predicted octanol–water partition coefficient (Wildman–Crippen LogP) is 3.60. The lowest BCUT2D eigenvalue weighted by atomic mass is 10.1. The van der Waals surface area contributed by atoms with Gasteiger partial charge in [-0.25, -0.2) is 0 Å². The molecule has 2 aromatic carbocycles. The van der Waals surface area contributed by atoms with Gasteiger partial charge in [0, 0.05) is 68.7 Å². The largest absolute Gasteiger partial charge is 0.369 e. The van der Waals surface area contributed by atoms with Crippen molar-refractivity contribution in [2.45, 2.75) is 39.3 Å². The molecule has 7 nitrogen and oxygen atoms in total. The van der Waals surface area contributed by atoms with Crippen LogP contribution in [-0.4, -0.2) is 48.0 Å². The number of carbonyl (C=O) groups excluding carboxylic acids is 1. The summed E-state index contributed by atoms with van der Waals surface area (Å²) in [5, 5.41) is 10.8. The Morgan fingerprint density at radius 3 is 2.43 bits per heavy atom. The molecule has 0 spiro atoms. The molecule has 2 heterocycles. The summed E-state index contributed by atoms with van der Waals surface area (Å²) in [7, 11) is 0. The molecule has 1 fully saturated rings. The van der Waals surface area contributed by atoms with Gasteiger partial charge >= 0.3 is 0 Å². The summed E-state index contributed by atoms with van der Waals surface area (Å²) in [4.78, 5) is 29.4. The number of non-ortho nitro benzene ring substituents is 1. The molecule has 2 aliphatic heterocycles. The smallest absolute Gasteiger partial charge is 0.269 e. The first-order chi connectivity index (χ1) is 14.5. The highest BCUT2D eigenvalue weighted by molar-refractivity contribution is 5.96. The highest BCUT2D eigenvalue weighted by Gasteiger charge is 2.30. The number of rotatable bonds is 5. The zero-order valence-corrected chi connectivity index (χ0v) is 17.6. The van der Waals surface area contributed by atoms with Crippen LogP contribution in [0.2, 0.25) is 0 Å². The fourth-order valence-corrected chi connectivity index (χ4v) is 4.54. The second-order valence-electron chi connectivity index (χ2n) is 8.17. The molecule has 30 heavy (non-hydrogen) atoms. The van der Waals surface area contributed by atoms with Crippen LogP contribution in [0.5, 0.6) is 0 Å². The molecule has 0 N–H and O–H groups in total. The maximum Gasteiger partial charge on any atom is 0.269 e. The van der Waals surface area contributed by atoms with E-state index in [1.54, 1.807) is 12.1 Å². The van der Waals surface area contributed by atoms with Crippen molar-refractivity contribution >= 4 is 23.0 Å². The molecule has 0 radical (unpaired) electrons. The number of hydrogen-bond acceptors (Lipinski definition) is 5. The zero-order chi connectivity index (χ0) is 21.3. The minimum Gasteiger partial charge on any atom is -0.369 e. The van der Waals surface area contributed by atoms with Gasteiger partial charge in [0.25, 0.3) is 5.69 Å². The Morgan fingerprint density at radius 1 is 1.10 bits per heavy atom. The van der Waals surface area contributed by atoms with Crippen LogP contribution < -0.4 is 9.80 Å². The third kappa shape index (κ3) is 4.03. The molecule has 2 aliphatic rings. The number of nitro benzene ring substituents is 1. The maximum absolute atomic E-state index is 12.3. The minimum atomic E-state index is -0.365. The number of anilines is 2. The van der Waals surface area contributed by atoms with Gasteiger partial charge < -0.3 is 9.80 Å². The van der Waals surface area contributed by atoms with Gasteiger partial charge in [-0.1, -0.05) is 19.1 Å². The molecule has 0 saturated carbocycles. The van der Waals surface area contributed by atoms with Gasteiger partial charge in [0.2, 0.25) is 5.91 Å². The van der Waals surface area contributed by atoms with Gasteiger partial charge in [0.1, 0.15) is 0 Å². The predicted molar refractivity (Wildman–Crippen MR) is 118 cm³/mol. The summed E-state index contributed by atoms with van der Waals surface area (Å²) in [5.41, 5.74) is 4.79. The van der Waals surface area contributed by atoms with Crippen molar-refractivity contribution in [2.24, 2.45) is 0 Å². The maximum atomic E-state index is 12.3. The quantitative estimate of drug-likeness (QED) is 0.558. The highest BCUT2D eigenvalue weighted by Crippen LogP contribution is 2.33. The molecule has 4 rings (SSSR count). The second kappa shape index (κ2) is 8.44. The van der Waals surface area contributed by atoms with Crippen LogP contribution in [0.4, 0.5) is 17.1 Å². The Balaban J connectivity index is 1.36. The fourth-order valence-electron chi connectivity index (χ4n) is 4.54. The van der Waals surface area contributed by atoms with E-state index < -0.39 is 0 Å². The number of nitrogens with zero attached hydrogens (tertiary/aromatic N) is 4. The third-order valence-electron chi connectivity index (χ3n) is 6.13. The Hall–Kier alpha value is -2.93.